The van der Waals surface area contributed by atoms with E-state index in [9.17, 15) is 8.60 Å². The molecule has 90 valence electrons. The minimum absolute atomic E-state index is 0.0161. The van der Waals surface area contributed by atoms with Gasteiger partial charge in [0.25, 0.3) is 0 Å². The molecule has 0 bridgehead atoms. The summed E-state index contributed by atoms with van der Waals surface area (Å²) in [5.41, 5.74) is 0.674. The fraction of sp³-hybridized carbons (Fsp3) is 0.0714. The lowest BCUT2D eigenvalue weighted by Crippen LogP contribution is -1.97. The first-order valence-electron chi connectivity index (χ1n) is 5.32. The van der Waals surface area contributed by atoms with E-state index in [2.05, 4.69) is 0 Å². The lowest BCUT2D eigenvalue weighted by molar-refractivity contribution is 0.623. The minimum atomic E-state index is -1.18. The SMILES string of the molecule is N#Cc1cc(CS(=O)c2ccccc2)ccc1F. The van der Waals surface area contributed by atoms with Crippen molar-refractivity contribution in [2.75, 3.05) is 0 Å². The number of nitrogens with zero attached hydrogens (tertiary/aromatic N) is 1. The van der Waals surface area contributed by atoms with E-state index in [1.807, 2.05) is 18.2 Å². The fourth-order valence-corrected chi connectivity index (χ4v) is 2.66. The molecule has 1 atom stereocenters. The normalized spacial score (nSPS) is 11.8. The smallest absolute Gasteiger partial charge is 0.140 e. The summed E-state index contributed by atoms with van der Waals surface area (Å²) in [4.78, 5) is 0.723. The van der Waals surface area contributed by atoms with Crippen LogP contribution in [0.2, 0.25) is 0 Å². The van der Waals surface area contributed by atoms with Crippen molar-refractivity contribution in [3.8, 4) is 6.07 Å². The van der Waals surface area contributed by atoms with Crippen molar-refractivity contribution >= 4 is 10.8 Å². The molecule has 2 nitrogen and oxygen atoms in total. The van der Waals surface area contributed by atoms with Gasteiger partial charge < -0.3 is 0 Å². The molecule has 1 unspecified atom stereocenters. The highest BCUT2D eigenvalue weighted by molar-refractivity contribution is 7.84. The van der Waals surface area contributed by atoms with E-state index in [1.54, 1.807) is 24.3 Å². The third-order valence-corrected chi connectivity index (χ3v) is 3.85. The van der Waals surface area contributed by atoms with Crippen molar-refractivity contribution in [2.45, 2.75) is 10.6 Å². The van der Waals surface area contributed by atoms with Gasteiger partial charge in [0.1, 0.15) is 11.9 Å². The van der Waals surface area contributed by atoms with E-state index >= 15 is 0 Å². The average Bonchev–Trinajstić information content (AvgIpc) is 2.42. The van der Waals surface area contributed by atoms with Gasteiger partial charge in [-0.25, -0.2) is 4.39 Å². The Morgan fingerprint density at radius 3 is 2.56 bits per heavy atom. The summed E-state index contributed by atoms with van der Waals surface area (Å²) in [6.45, 7) is 0. The van der Waals surface area contributed by atoms with Crippen LogP contribution in [0.25, 0.3) is 0 Å². The molecule has 0 aliphatic heterocycles. The van der Waals surface area contributed by atoms with Crippen molar-refractivity contribution in [3.63, 3.8) is 0 Å². The first kappa shape index (κ1) is 12.5. The van der Waals surface area contributed by atoms with Crippen LogP contribution in [0.3, 0.4) is 0 Å². The number of benzene rings is 2. The van der Waals surface area contributed by atoms with Crippen LogP contribution in [-0.2, 0) is 16.6 Å². The molecular weight excluding hydrogens is 249 g/mol. The highest BCUT2D eigenvalue weighted by Gasteiger charge is 2.07. The second-order valence-corrected chi connectivity index (χ2v) is 5.18. The van der Waals surface area contributed by atoms with Gasteiger partial charge in [-0.1, -0.05) is 24.3 Å². The predicted octanol–water partition coefficient (Wildman–Crippen LogP) is 3.01. The van der Waals surface area contributed by atoms with Crippen LogP contribution in [-0.4, -0.2) is 4.21 Å². The standard InChI is InChI=1S/C14H10FNOS/c15-14-7-6-11(8-12(14)9-16)10-18(17)13-4-2-1-3-5-13/h1-8H,10H2. The first-order chi connectivity index (χ1) is 8.70. The van der Waals surface area contributed by atoms with E-state index in [0.29, 0.717) is 5.56 Å². The Morgan fingerprint density at radius 2 is 1.89 bits per heavy atom. The summed E-state index contributed by atoms with van der Waals surface area (Å²) in [5.74, 6) is -0.273. The van der Waals surface area contributed by atoms with Crippen LogP contribution in [0, 0.1) is 17.1 Å². The van der Waals surface area contributed by atoms with E-state index in [1.165, 1.54) is 12.1 Å². The monoisotopic (exact) mass is 259 g/mol. The molecule has 0 aliphatic carbocycles. The van der Waals surface area contributed by atoms with E-state index in [0.717, 1.165) is 4.90 Å². The Morgan fingerprint density at radius 1 is 1.17 bits per heavy atom. The lowest BCUT2D eigenvalue weighted by Gasteiger charge is -2.03. The molecule has 18 heavy (non-hydrogen) atoms. The van der Waals surface area contributed by atoms with Crippen LogP contribution >= 0.6 is 0 Å². The zero-order chi connectivity index (χ0) is 13.0. The summed E-state index contributed by atoms with van der Waals surface area (Å²) < 4.78 is 25.2. The van der Waals surface area contributed by atoms with Crippen LogP contribution < -0.4 is 0 Å². The van der Waals surface area contributed by atoms with Crippen LogP contribution in [0.5, 0.6) is 0 Å². The van der Waals surface area contributed by atoms with Crippen molar-refractivity contribution in [3.05, 3.63) is 65.5 Å². The molecule has 0 radical (unpaired) electrons. The number of rotatable bonds is 3. The maximum atomic E-state index is 13.1. The summed E-state index contributed by atoms with van der Waals surface area (Å²) in [7, 11) is -1.18. The van der Waals surface area contributed by atoms with Gasteiger partial charge in [-0.15, -0.1) is 0 Å². The van der Waals surface area contributed by atoms with E-state index in [4.69, 9.17) is 5.26 Å². The second-order valence-electron chi connectivity index (χ2n) is 3.73. The first-order valence-corrected chi connectivity index (χ1v) is 6.64. The van der Waals surface area contributed by atoms with E-state index < -0.39 is 16.6 Å². The number of halogens is 1. The molecule has 0 spiro atoms. The molecule has 0 saturated carbocycles. The molecule has 0 N–H and O–H groups in total. The third-order valence-electron chi connectivity index (χ3n) is 2.46. The van der Waals surface area contributed by atoms with Gasteiger partial charge >= 0.3 is 0 Å². The molecule has 0 heterocycles. The van der Waals surface area contributed by atoms with Gasteiger partial charge in [0.15, 0.2) is 0 Å². The third kappa shape index (κ3) is 2.82. The van der Waals surface area contributed by atoms with Crippen molar-refractivity contribution < 1.29 is 8.60 Å². The summed E-state index contributed by atoms with van der Waals surface area (Å²) in [6, 6.07) is 15.1. The summed E-state index contributed by atoms with van der Waals surface area (Å²) in [5, 5.41) is 8.73. The molecule has 4 heteroatoms. The maximum Gasteiger partial charge on any atom is 0.140 e. The summed E-state index contributed by atoms with van der Waals surface area (Å²) in [6.07, 6.45) is 0. The molecule has 0 aromatic heterocycles. The number of hydrogen-bond acceptors (Lipinski definition) is 2. The zero-order valence-electron chi connectivity index (χ0n) is 9.47. The predicted molar refractivity (Wildman–Crippen MR) is 67.7 cm³/mol. The van der Waals surface area contributed by atoms with Crippen LogP contribution in [0.15, 0.2) is 53.4 Å². The highest BCUT2D eigenvalue weighted by Crippen LogP contribution is 2.15. The molecule has 2 aromatic rings. The molecular formula is C14H10FNOS. The Kier molecular flexibility index (Phi) is 3.85. The Hall–Kier alpha value is -1.99. The van der Waals surface area contributed by atoms with Gasteiger partial charge in [0, 0.05) is 4.90 Å². The largest absolute Gasteiger partial charge is 0.254 e. The van der Waals surface area contributed by atoms with Gasteiger partial charge in [0.2, 0.25) is 0 Å². The molecule has 0 aliphatic rings. The lowest BCUT2D eigenvalue weighted by atomic mass is 10.1. The topological polar surface area (TPSA) is 40.9 Å². The highest BCUT2D eigenvalue weighted by atomic mass is 32.2. The van der Waals surface area contributed by atoms with Crippen LogP contribution in [0.4, 0.5) is 4.39 Å². The van der Waals surface area contributed by atoms with Crippen molar-refractivity contribution in [1.29, 1.82) is 5.26 Å². The Balaban J connectivity index is 2.20. The maximum absolute atomic E-state index is 13.1. The Bertz CT molecular complexity index is 619. The molecule has 0 saturated heterocycles. The van der Waals surface area contributed by atoms with Crippen molar-refractivity contribution in [1.82, 2.24) is 0 Å². The minimum Gasteiger partial charge on any atom is -0.254 e. The molecule has 2 rings (SSSR count). The average molecular weight is 259 g/mol. The molecule has 0 fully saturated rings. The van der Waals surface area contributed by atoms with Crippen molar-refractivity contribution in [2.24, 2.45) is 0 Å². The number of hydrogen-bond donors (Lipinski definition) is 0. The molecule has 2 aromatic carbocycles. The van der Waals surface area contributed by atoms with E-state index in [-0.39, 0.29) is 11.3 Å². The fourth-order valence-electron chi connectivity index (χ4n) is 1.55. The molecule has 0 amide bonds. The summed E-state index contributed by atoms with van der Waals surface area (Å²) >= 11 is 0. The van der Waals surface area contributed by atoms with Gasteiger partial charge in [0.05, 0.1) is 22.1 Å². The quantitative estimate of drug-likeness (QED) is 0.850. The van der Waals surface area contributed by atoms with Crippen LogP contribution in [0.1, 0.15) is 11.1 Å². The van der Waals surface area contributed by atoms with Gasteiger partial charge in [-0.3, -0.25) is 4.21 Å². The number of nitriles is 1. The Labute approximate surface area is 107 Å². The van der Waals surface area contributed by atoms with Gasteiger partial charge in [-0.2, -0.15) is 5.26 Å². The second kappa shape index (κ2) is 5.56. The van der Waals surface area contributed by atoms with Gasteiger partial charge in [-0.05, 0) is 29.8 Å². The zero-order valence-corrected chi connectivity index (χ0v) is 10.3.